The molecule has 0 fully saturated rings. The molecule has 3 heteroatoms. The van der Waals surface area contributed by atoms with Crippen molar-refractivity contribution in [2.24, 2.45) is 0 Å². The number of ether oxygens (including phenoxy) is 1. The van der Waals surface area contributed by atoms with Gasteiger partial charge in [0, 0.05) is 6.42 Å². The zero-order valence-corrected chi connectivity index (χ0v) is 9.56. The molecule has 16 heavy (non-hydrogen) atoms. The van der Waals surface area contributed by atoms with E-state index in [9.17, 15) is 0 Å². The highest BCUT2D eigenvalue weighted by Gasteiger charge is 2.17. The summed E-state index contributed by atoms with van der Waals surface area (Å²) >= 11 is 0. The summed E-state index contributed by atoms with van der Waals surface area (Å²) in [5.74, 6) is 1.46. The van der Waals surface area contributed by atoms with Crippen molar-refractivity contribution in [2.45, 2.75) is 20.3 Å². The normalized spacial score (nSPS) is 10.4. The molecule has 1 heterocycles. The molecule has 2 rings (SSSR count). The van der Waals surface area contributed by atoms with Crippen LogP contribution in [-0.4, -0.2) is 11.8 Å². The average Bonchev–Trinajstić information content (AvgIpc) is 2.74. The Labute approximate surface area is 95.0 Å². The predicted molar refractivity (Wildman–Crippen MR) is 62.5 cm³/mol. The minimum atomic E-state index is 0.588. The highest BCUT2D eigenvalue weighted by Crippen LogP contribution is 2.33. The second-order valence-corrected chi connectivity index (χ2v) is 3.44. The number of benzene rings is 1. The zero-order valence-electron chi connectivity index (χ0n) is 9.56. The highest BCUT2D eigenvalue weighted by molar-refractivity contribution is 5.70. The lowest BCUT2D eigenvalue weighted by Gasteiger charge is -2.03. The molecule has 0 saturated carbocycles. The first kappa shape index (κ1) is 10.7. The summed E-state index contributed by atoms with van der Waals surface area (Å²) < 4.78 is 10.7. The van der Waals surface area contributed by atoms with Crippen molar-refractivity contribution in [3.05, 3.63) is 36.1 Å². The van der Waals surface area contributed by atoms with Crippen LogP contribution in [-0.2, 0) is 6.42 Å². The number of nitrogens with zero attached hydrogens (tertiary/aromatic N) is 1. The van der Waals surface area contributed by atoms with Crippen molar-refractivity contribution >= 4 is 0 Å². The van der Waals surface area contributed by atoms with Gasteiger partial charge in [-0.3, -0.25) is 0 Å². The quantitative estimate of drug-likeness (QED) is 0.788. The summed E-state index contributed by atoms with van der Waals surface area (Å²) in [5.41, 5.74) is 2.06. The SMILES string of the molecule is CCOc1noc(CC)c1-c1ccccc1. The van der Waals surface area contributed by atoms with Crippen LogP contribution in [0.25, 0.3) is 11.1 Å². The third-order valence-corrected chi connectivity index (χ3v) is 2.40. The van der Waals surface area contributed by atoms with Gasteiger partial charge in [0.05, 0.1) is 12.2 Å². The summed E-state index contributed by atoms with van der Waals surface area (Å²) in [4.78, 5) is 0. The van der Waals surface area contributed by atoms with Crippen LogP contribution in [0.15, 0.2) is 34.9 Å². The van der Waals surface area contributed by atoms with Crippen LogP contribution >= 0.6 is 0 Å². The summed E-state index contributed by atoms with van der Waals surface area (Å²) in [6.07, 6.45) is 0.810. The van der Waals surface area contributed by atoms with Crippen LogP contribution in [0.1, 0.15) is 19.6 Å². The van der Waals surface area contributed by atoms with E-state index in [0.717, 1.165) is 23.3 Å². The van der Waals surface area contributed by atoms with Gasteiger partial charge in [-0.2, -0.15) is 0 Å². The molecule has 0 amide bonds. The molecule has 0 atom stereocenters. The van der Waals surface area contributed by atoms with Gasteiger partial charge in [-0.1, -0.05) is 37.3 Å². The fourth-order valence-corrected chi connectivity index (χ4v) is 1.67. The lowest BCUT2D eigenvalue weighted by Crippen LogP contribution is -1.93. The van der Waals surface area contributed by atoms with Crippen LogP contribution < -0.4 is 4.74 Å². The van der Waals surface area contributed by atoms with Crippen molar-refractivity contribution in [1.82, 2.24) is 5.16 Å². The highest BCUT2D eigenvalue weighted by atomic mass is 16.5. The van der Waals surface area contributed by atoms with E-state index >= 15 is 0 Å². The molecule has 0 saturated heterocycles. The van der Waals surface area contributed by atoms with Crippen LogP contribution in [0.4, 0.5) is 0 Å². The Bertz CT molecular complexity index is 448. The topological polar surface area (TPSA) is 35.3 Å². The Kier molecular flexibility index (Phi) is 3.25. The Morgan fingerprint density at radius 2 is 1.94 bits per heavy atom. The van der Waals surface area contributed by atoms with Gasteiger partial charge in [-0.25, -0.2) is 0 Å². The number of aryl methyl sites for hydroxylation is 1. The summed E-state index contributed by atoms with van der Waals surface area (Å²) in [6, 6.07) is 10.1. The molecule has 2 aromatic rings. The average molecular weight is 217 g/mol. The lowest BCUT2D eigenvalue weighted by atomic mass is 10.1. The maximum absolute atomic E-state index is 5.47. The fraction of sp³-hybridized carbons (Fsp3) is 0.308. The first-order chi connectivity index (χ1) is 7.86. The van der Waals surface area contributed by atoms with Crippen LogP contribution in [0.2, 0.25) is 0 Å². The summed E-state index contributed by atoms with van der Waals surface area (Å²) in [6.45, 7) is 4.58. The number of hydrogen-bond acceptors (Lipinski definition) is 3. The fourth-order valence-electron chi connectivity index (χ4n) is 1.67. The molecule has 0 bridgehead atoms. The monoisotopic (exact) mass is 217 g/mol. The van der Waals surface area contributed by atoms with Crippen molar-refractivity contribution in [1.29, 1.82) is 0 Å². The molecule has 1 aromatic heterocycles. The Morgan fingerprint density at radius 1 is 1.19 bits per heavy atom. The largest absolute Gasteiger partial charge is 0.475 e. The Hall–Kier alpha value is -1.77. The molecule has 0 unspecified atom stereocenters. The molecule has 1 aromatic carbocycles. The van der Waals surface area contributed by atoms with E-state index in [1.807, 2.05) is 44.2 Å². The molecule has 0 aliphatic carbocycles. The molecule has 0 aliphatic rings. The van der Waals surface area contributed by atoms with E-state index in [1.54, 1.807) is 0 Å². The van der Waals surface area contributed by atoms with Gasteiger partial charge in [-0.15, -0.1) is 0 Å². The molecule has 0 radical (unpaired) electrons. The van der Waals surface area contributed by atoms with Gasteiger partial charge >= 0.3 is 0 Å². The zero-order chi connectivity index (χ0) is 11.4. The van der Waals surface area contributed by atoms with Gasteiger partial charge in [0.25, 0.3) is 5.88 Å². The van der Waals surface area contributed by atoms with E-state index in [4.69, 9.17) is 9.26 Å². The van der Waals surface area contributed by atoms with Crippen molar-refractivity contribution in [2.75, 3.05) is 6.61 Å². The maximum atomic E-state index is 5.47. The van der Waals surface area contributed by atoms with Gasteiger partial charge < -0.3 is 9.26 Å². The third kappa shape index (κ3) is 1.94. The van der Waals surface area contributed by atoms with Crippen molar-refractivity contribution in [3.8, 4) is 17.0 Å². The van der Waals surface area contributed by atoms with Crippen molar-refractivity contribution < 1.29 is 9.26 Å². The minimum Gasteiger partial charge on any atom is -0.475 e. The van der Waals surface area contributed by atoms with Crippen molar-refractivity contribution in [3.63, 3.8) is 0 Å². The molecule has 84 valence electrons. The van der Waals surface area contributed by atoms with Gasteiger partial charge in [0.2, 0.25) is 0 Å². The van der Waals surface area contributed by atoms with E-state index in [1.165, 1.54) is 0 Å². The van der Waals surface area contributed by atoms with E-state index in [0.29, 0.717) is 12.5 Å². The predicted octanol–water partition coefficient (Wildman–Crippen LogP) is 3.30. The smallest absolute Gasteiger partial charge is 0.262 e. The maximum Gasteiger partial charge on any atom is 0.262 e. The van der Waals surface area contributed by atoms with E-state index in [-0.39, 0.29) is 0 Å². The third-order valence-electron chi connectivity index (χ3n) is 2.40. The van der Waals surface area contributed by atoms with Crippen LogP contribution in [0, 0.1) is 0 Å². The van der Waals surface area contributed by atoms with Crippen LogP contribution in [0.3, 0.4) is 0 Å². The van der Waals surface area contributed by atoms with Crippen LogP contribution in [0.5, 0.6) is 5.88 Å². The van der Waals surface area contributed by atoms with Gasteiger partial charge in [0.15, 0.2) is 0 Å². The van der Waals surface area contributed by atoms with E-state index < -0.39 is 0 Å². The summed E-state index contributed by atoms with van der Waals surface area (Å²) in [5, 5.41) is 3.96. The molecule has 0 aliphatic heterocycles. The number of aromatic nitrogens is 1. The molecular formula is C13H15NO2. The number of hydrogen-bond donors (Lipinski definition) is 0. The molecular weight excluding hydrogens is 202 g/mol. The second kappa shape index (κ2) is 4.84. The van der Waals surface area contributed by atoms with Gasteiger partial charge in [0.1, 0.15) is 5.76 Å². The number of rotatable bonds is 4. The molecule has 0 spiro atoms. The molecule has 3 nitrogen and oxygen atoms in total. The summed E-state index contributed by atoms with van der Waals surface area (Å²) in [7, 11) is 0. The standard InChI is InChI=1S/C13H15NO2/c1-3-11-12(10-8-6-5-7-9-10)13(14-16-11)15-4-2/h5-9H,3-4H2,1-2H3. The molecule has 0 N–H and O–H groups in total. The Balaban J connectivity index is 2.48. The van der Waals surface area contributed by atoms with Gasteiger partial charge in [-0.05, 0) is 17.6 Å². The second-order valence-electron chi connectivity index (χ2n) is 3.44. The lowest BCUT2D eigenvalue weighted by molar-refractivity contribution is 0.290. The minimum absolute atomic E-state index is 0.588. The Morgan fingerprint density at radius 3 is 2.56 bits per heavy atom. The van der Waals surface area contributed by atoms with E-state index in [2.05, 4.69) is 5.16 Å². The first-order valence-electron chi connectivity index (χ1n) is 5.53. The first-order valence-corrected chi connectivity index (χ1v) is 5.53.